The Hall–Kier alpha value is -2.37. The van der Waals surface area contributed by atoms with E-state index in [1.165, 1.54) is 5.56 Å². The van der Waals surface area contributed by atoms with Crippen molar-refractivity contribution >= 4 is 5.91 Å². The molecule has 6 heteroatoms. The highest BCUT2D eigenvalue weighted by molar-refractivity contribution is 5.77. The van der Waals surface area contributed by atoms with Crippen molar-refractivity contribution in [3.8, 4) is 5.75 Å². The summed E-state index contributed by atoms with van der Waals surface area (Å²) < 4.78 is 5.71. The molecule has 0 unspecified atom stereocenters. The van der Waals surface area contributed by atoms with Crippen molar-refractivity contribution in [1.29, 1.82) is 0 Å². The van der Waals surface area contributed by atoms with Gasteiger partial charge in [-0.05, 0) is 37.0 Å². The number of aromatic amines is 1. The second-order valence-electron chi connectivity index (χ2n) is 7.16. The van der Waals surface area contributed by atoms with Gasteiger partial charge in [0.15, 0.2) is 11.6 Å². The molecule has 130 valence electrons. The number of ether oxygens (including phenoxy) is 1. The van der Waals surface area contributed by atoms with Crippen LogP contribution < -0.4 is 10.1 Å². The number of H-pyrrole nitrogens is 1. The van der Waals surface area contributed by atoms with Crippen molar-refractivity contribution in [3.63, 3.8) is 0 Å². The summed E-state index contributed by atoms with van der Waals surface area (Å²) >= 11 is 0. The van der Waals surface area contributed by atoms with Gasteiger partial charge < -0.3 is 10.1 Å². The van der Waals surface area contributed by atoms with E-state index in [1.807, 2.05) is 26.0 Å². The van der Waals surface area contributed by atoms with E-state index in [2.05, 4.69) is 53.4 Å². The second-order valence-corrected chi connectivity index (χ2v) is 7.16. The number of carbonyl (C=O) groups is 1. The third kappa shape index (κ3) is 5.37. The molecule has 0 atom stereocenters. The van der Waals surface area contributed by atoms with E-state index in [4.69, 9.17) is 4.74 Å². The zero-order chi connectivity index (χ0) is 17.7. The molecule has 2 aromatic rings. The number of hydrogen-bond acceptors (Lipinski definition) is 4. The van der Waals surface area contributed by atoms with Gasteiger partial charge in [0.25, 0.3) is 0 Å². The van der Waals surface area contributed by atoms with Crippen LogP contribution in [0.3, 0.4) is 0 Å². The molecule has 6 nitrogen and oxygen atoms in total. The van der Waals surface area contributed by atoms with E-state index in [1.54, 1.807) is 0 Å². The minimum absolute atomic E-state index is 0.0887. The van der Waals surface area contributed by atoms with Gasteiger partial charge in [0.1, 0.15) is 12.4 Å². The molecular weight excluding hydrogens is 304 g/mol. The monoisotopic (exact) mass is 330 g/mol. The van der Waals surface area contributed by atoms with Crippen molar-refractivity contribution < 1.29 is 9.53 Å². The molecule has 0 bridgehead atoms. The van der Waals surface area contributed by atoms with Gasteiger partial charge in [0.05, 0.1) is 6.42 Å². The van der Waals surface area contributed by atoms with Crippen LogP contribution in [0.2, 0.25) is 0 Å². The van der Waals surface area contributed by atoms with Crippen LogP contribution in [0.15, 0.2) is 24.3 Å². The lowest BCUT2D eigenvalue weighted by Crippen LogP contribution is -2.31. The van der Waals surface area contributed by atoms with Crippen LogP contribution in [0.25, 0.3) is 0 Å². The van der Waals surface area contributed by atoms with Gasteiger partial charge >= 0.3 is 0 Å². The van der Waals surface area contributed by atoms with Crippen molar-refractivity contribution in [2.24, 2.45) is 0 Å². The standard InChI is InChI=1S/C18H26N4O2/c1-12(2)19-17(23)10-15-20-16(22-21-15)11-24-14-8-6-13(7-9-14)18(3,4)5/h6-9,12H,10-11H2,1-5H3,(H,19,23)(H,20,21,22). The maximum atomic E-state index is 11.7. The molecule has 1 amide bonds. The molecule has 1 aromatic carbocycles. The van der Waals surface area contributed by atoms with Crippen LogP contribution in [0.4, 0.5) is 0 Å². The molecule has 0 spiro atoms. The Bertz CT molecular complexity index is 669. The first-order valence-corrected chi connectivity index (χ1v) is 8.17. The minimum atomic E-state index is -0.0887. The Balaban J connectivity index is 1.88. The number of hydrogen-bond donors (Lipinski definition) is 2. The molecular formula is C18H26N4O2. The van der Waals surface area contributed by atoms with Gasteiger partial charge in [-0.25, -0.2) is 4.98 Å². The molecule has 0 fully saturated rings. The Morgan fingerprint density at radius 2 is 1.92 bits per heavy atom. The molecule has 0 aliphatic heterocycles. The maximum absolute atomic E-state index is 11.7. The average molecular weight is 330 g/mol. The summed E-state index contributed by atoms with van der Waals surface area (Å²) in [6.45, 7) is 10.6. The van der Waals surface area contributed by atoms with Crippen LogP contribution in [-0.4, -0.2) is 27.1 Å². The number of nitrogens with zero attached hydrogens (tertiary/aromatic N) is 2. The fourth-order valence-corrected chi connectivity index (χ4v) is 2.20. The van der Waals surface area contributed by atoms with E-state index in [0.29, 0.717) is 11.6 Å². The van der Waals surface area contributed by atoms with E-state index in [-0.39, 0.29) is 30.4 Å². The van der Waals surface area contributed by atoms with Crippen LogP contribution in [-0.2, 0) is 23.2 Å². The Labute approximate surface area is 143 Å². The van der Waals surface area contributed by atoms with Crippen molar-refractivity contribution in [3.05, 3.63) is 41.5 Å². The van der Waals surface area contributed by atoms with Crippen LogP contribution in [0, 0.1) is 0 Å². The first-order chi connectivity index (χ1) is 11.2. The summed E-state index contributed by atoms with van der Waals surface area (Å²) in [5.41, 5.74) is 1.38. The van der Waals surface area contributed by atoms with Gasteiger partial charge in [-0.15, -0.1) is 0 Å². The topological polar surface area (TPSA) is 79.9 Å². The SMILES string of the molecule is CC(C)NC(=O)Cc1n[nH]c(COc2ccc(C(C)(C)C)cc2)n1. The molecule has 24 heavy (non-hydrogen) atoms. The highest BCUT2D eigenvalue weighted by Crippen LogP contribution is 2.24. The number of benzene rings is 1. The summed E-state index contributed by atoms with van der Waals surface area (Å²) in [6.07, 6.45) is 0.162. The first kappa shape index (κ1) is 18.0. The molecule has 0 aliphatic rings. The smallest absolute Gasteiger partial charge is 0.227 e. The van der Waals surface area contributed by atoms with Crippen molar-refractivity contribution in [2.45, 2.75) is 59.1 Å². The minimum Gasteiger partial charge on any atom is -0.486 e. The number of carbonyl (C=O) groups excluding carboxylic acids is 1. The lowest BCUT2D eigenvalue weighted by atomic mass is 9.87. The first-order valence-electron chi connectivity index (χ1n) is 8.17. The number of amides is 1. The van der Waals surface area contributed by atoms with Gasteiger partial charge in [-0.3, -0.25) is 9.89 Å². The Morgan fingerprint density at radius 1 is 1.25 bits per heavy atom. The number of rotatable bonds is 6. The summed E-state index contributed by atoms with van der Waals surface area (Å²) in [4.78, 5) is 16.0. The zero-order valence-electron chi connectivity index (χ0n) is 15.0. The Kier molecular flexibility index (Phi) is 5.59. The fraction of sp³-hybridized carbons (Fsp3) is 0.500. The number of aromatic nitrogens is 3. The third-order valence-electron chi connectivity index (χ3n) is 3.44. The second kappa shape index (κ2) is 7.47. The van der Waals surface area contributed by atoms with Gasteiger partial charge in [0, 0.05) is 6.04 Å². The summed E-state index contributed by atoms with van der Waals surface area (Å²) in [7, 11) is 0. The fourth-order valence-electron chi connectivity index (χ4n) is 2.20. The van der Waals surface area contributed by atoms with Gasteiger partial charge in [-0.2, -0.15) is 5.10 Å². The molecule has 1 heterocycles. The van der Waals surface area contributed by atoms with Gasteiger partial charge in [-0.1, -0.05) is 32.9 Å². The quantitative estimate of drug-likeness (QED) is 0.853. The molecule has 2 N–H and O–H groups in total. The molecule has 0 radical (unpaired) electrons. The van der Waals surface area contributed by atoms with Crippen molar-refractivity contribution in [2.75, 3.05) is 0 Å². The Morgan fingerprint density at radius 3 is 2.50 bits per heavy atom. The van der Waals surface area contributed by atoms with E-state index in [0.717, 1.165) is 5.75 Å². The van der Waals surface area contributed by atoms with Crippen molar-refractivity contribution in [1.82, 2.24) is 20.5 Å². The molecule has 0 saturated heterocycles. The molecule has 1 aromatic heterocycles. The van der Waals surface area contributed by atoms with Crippen LogP contribution in [0.5, 0.6) is 5.75 Å². The molecule has 2 rings (SSSR count). The maximum Gasteiger partial charge on any atom is 0.227 e. The van der Waals surface area contributed by atoms with Gasteiger partial charge in [0.2, 0.25) is 5.91 Å². The molecule has 0 saturated carbocycles. The van der Waals surface area contributed by atoms with E-state index < -0.39 is 0 Å². The summed E-state index contributed by atoms with van der Waals surface area (Å²) in [5, 5.41) is 9.66. The summed E-state index contributed by atoms with van der Waals surface area (Å²) in [5.74, 6) is 1.75. The largest absolute Gasteiger partial charge is 0.486 e. The van der Waals surface area contributed by atoms with E-state index >= 15 is 0 Å². The highest BCUT2D eigenvalue weighted by Gasteiger charge is 2.13. The predicted molar refractivity (Wildman–Crippen MR) is 92.8 cm³/mol. The normalized spacial score (nSPS) is 11.6. The zero-order valence-corrected chi connectivity index (χ0v) is 15.0. The third-order valence-corrected chi connectivity index (χ3v) is 3.44. The van der Waals surface area contributed by atoms with Crippen LogP contribution in [0.1, 0.15) is 51.8 Å². The lowest BCUT2D eigenvalue weighted by molar-refractivity contribution is -0.121. The predicted octanol–water partition coefficient (Wildman–Crippen LogP) is 2.75. The van der Waals surface area contributed by atoms with Crippen LogP contribution >= 0.6 is 0 Å². The lowest BCUT2D eigenvalue weighted by Gasteiger charge is -2.19. The average Bonchev–Trinajstić information content (AvgIpc) is 2.91. The molecule has 0 aliphatic carbocycles. The van der Waals surface area contributed by atoms with E-state index in [9.17, 15) is 4.79 Å². The summed E-state index contributed by atoms with van der Waals surface area (Å²) in [6, 6.07) is 8.15. The number of nitrogens with one attached hydrogen (secondary N) is 2. The highest BCUT2D eigenvalue weighted by atomic mass is 16.5.